The molecule has 0 atom stereocenters. The summed E-state index contributed by atoms with van der Waals surface area (Å²) < 4.78 is 3.65. The molecule has 1 aromatic carbocycles. The highest BCUT2D eigenvalue weighted by Crippen LogP contribution is 2.27. The third-order valence-electron chi connectivity index (χ3n) is 1.57. The molecule has 0 fully saturated rings. The Balaban J connectivity index is 2.94. The van der Waals surface area contributed by atoms with Crippen molar-refractivity contribution >= 4 is 78.7 Å². The minimum absolute atomic E-state index is 0.907. The van der Waals surface area contributed by atoms with Crippen molar-refractivity contribution in [1.29, 1.82) is 0 Å². The average Bonchev–Trinajstić information content (AvgIpc) is 2.15. The van der Waals surface area contributed by atoms with Gasteiger partial charge in [-0.1, -0.05) is 0 Å². The van der Waals surface area contributed by atoms with Crippen LogP contribution in [-0.4, -0.2) is 15.4 Å². The van der Waals surface area contributed by atoms with E-state index in [1.807, 2.05) is 6.07 Å². The van der Waals surface area contributed by atoms with Gasteiger partial charge in [-0.15, -0.1) is 10.2 Å². The van der Waals surface area contributed by atoms with Gasteiger partial charge in [0, 0.05) is 16.1 Å². The predicted octanol–water partition coefficient (Wildman–Crippen LogP) is 2.84. The maximum atomic E-state index is 3.97. The maximum absolute atomic E-state index is 3.97. The second-order valence-corrected chi connectivity index (χ2v) is 5.67. The standard InChI is InChI=1S/C7H2I3N3/c8-4-1-5-3(2-11-13-12-5)6(9)7(4)10/h1-2H. The highest BCUT2D eigenvalue weighted by molar-refractivity contribution is 14.1. The first-order chi connectivity index (χ1) is 6.20. The molecule has 0 aliphatic rings. The second kappa shape index (κ2) is 4.04. The predicted molar refractivity (Wildman–Crippen MR) is 75.5 cm³/mol. The zero-order chi connectivity index (χ0) is 9.42. The summed E-state index contributed by atoms with van der Waals surface area (Å²) in [7, 11) is 0. The zero-order valence-corrected chi connectivity index (χ0v) is 12.6. The van der Waals surface area contributed by atoms with E-state index in [9.17, 15) is 0 Å². The monoisotopic (exact) mass is 509 g/mol. The molecule has 0 bridgehead atoms. The van der Waals surface area contributed by atoms with Gasteiger partial charge in [-0.2, -0.15) is 0 Å². The van der Waals surface area contributed by atoms with Crippen LogP contribution in [0.25, 0.3) is 10.9 Å². The molecule has 0 aliphatic carbocycles. The van der Waals surface area contributed by atoms with E-state index >= 15 is 0 Å². The SMILES string of the molecule is Ic1cc2nnncc2c(I)c1I. The Bertz CT molecular complexity index is 472. The molecule has 1 heterocycles. The van der Waals surface area contributed by atoms with Gasteiger partial charge in [-0.25, -0.2) is 0 Å². The number of aromatic nitrogens is 3. The number of benzene rings is 1. The maximum Gasteiger partial charge on any atom is 0.0985 e. The highest BCUT2D eigenvalue weighted by Gasteiger charge is 2.08. The lowest BCUT2D eigenvalue weighted by atomic mass is 10.2. The van der Waals surface area contributed by atoms with E-state index in [2.05, 4.69) is 83.2 Å². The van der Waals surface area contributed by atoms with E-state index in [0.29, 0.717) is 0 Å². The molecule has 0 N–H and O–H groups in total. The zero-order valence-electron chi connectivity index (χ0n) is 6.13. The van der Waals surface area contributed by atoms with Crippen LogP contribution >= 0.6 is 67.8 Å². The molecule has 0 amide bonds. The molecule has 0 saturated carbocycles. The van der Waals surface area contributed by atoms with Crippen LogP contribution in [0.3, 0.4) is 0 Å². The molecule has 0 radical (unpaired) electrons. The first-order valence-electron chi connectivity index (χ1n) is 3.31. The molecular weight excluding hydrogens is 507 g/mol. The summed E-state index contributed by atoms with van der Waals surface area (Å²) in [5, 5.41) is 12.4. The lowest BCUT2D eigenvalue weighted by molar-refractivity contribution is 0.894. The molecule has 2 rings (SSSR count). The molecule has 0 saturated heterocycles. The molecule has 3 nitrogen and oxygen atoms in total. The normalized spacial score (nSPS) is 10.7. The Morgan fingerprint density at radius 3 is 2.62 bits per heavy atom. The molecule has 6 heteroatoms. The van der Waals surface area contributed by atoms with Crippen LogP contribution in [0, 0.1) is 10.7 Å². The van der Waals surface area contributed by atoms with Gasteiger partial charge in [0.2, 0.25) is 0 Å². The van der Waals surface area contributed by atoms with Gasteiger partial charge < -0.3 is 0 Å². The summed E-state index contributed by atoms with van der Waals surface area (Å²) in [6.45, 7) is 0. The van der Waals surface area contributed by atoms with Gasteiger partial charge in [0.05, 0.1) is 11.7 Å². The molecular formula is C7H2I3N3. The van der Waals surface area contributed by atoms with Crippen molar-refractivity contribution in [3.8, 4) is 0 Å². The summed E-state index contributed by atoms with van der Waals surface area (Å²) in [5.74, 6) is 0. The fourth-order valence-electron chi connectivity index (χ4n) is 0.960. The van der Waals surface area contributed by atoms with Crippen molar-refractivity contribution in [3.05, 3.63) is 23.0 Å². The van der Waals surface area contributed by atoms with E-state index < -0.39 is 0 Å². The van der Waals surface area contributed by atoms with Crippen molar-refractivity contribution in [2.45, 2.75) is 0 Å². The van der Waals surface area contributed by atoms with Crippen LogP contribution in [0.15, 0.2) is 12.3 Å². The van der Waals surface area contributed by atoms with Crippen LogP contribution in [0.5, 0.6) is 0 Å². The first kappa shape index (κ1) is 10.2. The Morgan fingerprint density at radius 2 is 1.85 bits per heavy atom. The van der Waals surface area contributed by atoms with Gasteiger partial charge in [-0.05, 0) is 79.1 Å². The largest absolute Gasteiger partial charge is 0.138 e. The molecule has 2 aromatic rings. The van der Waals surface area contributed by atoms with Crippen LogP contribution in [0.4, 0.5) is 0 Å². The Kier molecular flexibility index (Phi) is 3.18. The molecule has 66 valence electrons. The highest BCUT2D eigenvalue weighted by atomic mass is 127. The molecule has 13 heavy (non-hydrogen) atoms. The van der Waals surface area contributed by atoms with Crippen molar-refractivity contribution < 1.29 is 0 Å². The Labute approximate surface area is 115 Å². The number of hydrogen-bond donors (Lipinski definition) is 0. The van der Waals surface area contributed by atoms with E-state index in [1.165, 1.54) is 10.7 Å². The summed E-state index contributed by atoms with van der Waals surface area (Å²) in [4.78, 5) is 0. The lowest BCUT2D eigenvalue weighted by Gasteiger charge is -2.02. The summed E-state index contributed by atoms with van der Waals surface area (Å²) >= 11 is 6.93. The van der Waals surface area contributed by atoms with Crippen molar-refractivity contribution in [2.75, 3.05) is 0 Å². The van der Waals surface area contributed by atoms with E-state index in [0.717, 1.165) is 10.9 Å². The minimum Gasteiger partial charge on any atom is -0.138 e. The number of fused-ring (bicyclic) bond motifs is 1. The van der Waals surface area contributed by atoms with Crippen LogP contribution in [0.1, 0.15) is 0 Å². The number of hydrogen-bond acceptors (Lipinski definition) is 3. The van der Waals surface area contributed by atoms with Gasteiger partial charge in [0.25, 0.3) is 0 Å². The van der Waals surface area contributed by atoms with Gasteiger partial charge >= 0.3 is 0 Å². The van der Waals surface area contributed by atoms with E-state index in [-0.39, 0.29) is 0 Å². The van der Waals surface area contributed by atoms with Crippen LogP contribution in [0.2, 0.25) is 0 Å². The summed E-state index contributed by atoms with van der Waals surface area (Å²) in [6.07, 6.45) is 1.75. The molecule has 0 unspecified atom stereocenters. The molecule has 0 spiro atoms. The minimum atomic E-state index is 0.907. The van der Waals surface area contributed by atoms with Crippen molar-refractivity contribution in [2.24, 2.45) is 0 Å². The van der Waals surface area contributed by atoms with Crippen LogP contribution in [-0.2, 0) is 0 Å². The van der Waals surface area contributed by atoms with Gasteiger partial charge in [-0.3, -0.25) is 0 Å². The van der Waals surface area contributed by atoms with Gasteiger partial charge in [0.1, 0.15) is 0 Å². The second-order valence-electron chi connectivity index (χ2n) is 2.35. The fourth-order valence-corrected chi connectivity index (χ4v) is 3.19. The summed E-state index contributed by atoms with van der Waals surface area (Å²) in [6, 6.07) is 2.02. The smallest absolute Gasteiger partial charge is 0.0985 e. The fraction of sp³-hybridized carbons (Fsp3) is 0. The molecule has 0 aliphatic heterocycles. The van der Waals surface area contributed by atoms with E-state index in [4.69, 9.17) is 0 Å². The topological polar surface area (TPSA) is 38.7 Å². The average molecular weight is 509 g/mol. The molecule has 1 aromatic heterocycles. The third kappa shape index (κ3) is 1.89. The quantitative estimate of drug-likeness (QED) is 0.406. The Morgan fingerprint density at radius 1 is 1.08 bits per heavy atom. The first-order valence-corrected chi connectivity index (χ1v) is 6.55. The van der Waals surface area contributed by atoms with Crippen molar-refractivity contribution in [3.63, 3.8) is 0 Å². The number of halogens is 3. The van der Waals surface area contributed by atoms with Crippen LogP contribution < -0.4 is 0 Å². The van der Waals surface area contributed by atoms with Crippen molar-refractivity contribution in [1.82, 2.24) is 15.4 Å². The number of nitrogens with zero attached hydrogens (tertiary/aromatic N) is 3. The Hall–Kier alpha value is 0.680. The van der Waals surface area contributed by atoms with Gasteiger partial charge in [0.15, 0.2) is 0 Å². The third-order valence-corrected chi connectivity index (χ3v) is 6.73. The summed E-state index contributed by atoms with van der Waals surface area (Å²) in [5.41, 5.74) is 0.907. The lowest BCUT2D eigenvalue weighted by Crippen LogP contribution is -1.93. The van der Waals surface area contributed by atoms with E-state index in [1.54, 1.807) is 6.20 Å². The number of rotatable bonds is 0.